The van der Waals surface area contributed by atoms with E-state index in [0.717, 1.165) is 0 Å². The summed E-state index contributed by atoms with van der Waals surface area (Å²) >= 11 is 0. The summed E-state index contributed by atoms with van der Waals surface area (Å²) in [4.78, 5) is 151. The van der Waals surface area contributed by atoms with Gasteiger partial charge in [-0.1, -0.05) is 0 Å². The summed E-state index contributed by atoms with van der Waals surface area (Å²) in [6.07, 6.45) is -28.9. The minimum absolute atomic E-state index is 0.154. The number of aromatic hydroxyl groups is 29. The van der Waals surface area contributed by atoms with Gasteiger partial charge in [-0.05, 0) is 66.7 Å². The van der Waals surface area contributed by atoms with Crippen LogP contribution in [0.1, 0.15) is 104 Å². The average Bonchev–Trinajstić information content (AvgIpc) is 1.44. The van der Waals surface area contributed by atoms with E-state index in [1.54, 1.807) is 0 Å². The zero-order valence-electron chi connectivity index (χ0n) is 65.4. The Morgan fingerprint density at radius 2 is 0.470 bits per heavy atom. The van der Waals surface area contributed by atoms with Crippen molar-refractivity contribution in [1.82, 2.24) is 0 Å². The van der Waals surface area contributed by atoms with Crippen molar-refractivity contribution in [3.8, 4) is 223 Å². The maximum absolute atomic E-state index is 16.3. The minimum Gasteiger partial charge on any atom is -0.504 e. The summed E-state index contributed by atoms with van der Waals surface area (Å²) in [6.45, 7) is -3.19. The van der Waals surface area contributed by atoms with Gasteiger partial charge in [-0.3, -0.25) is 0 Å². The van der Waals surface area contributed by atoms with Crippen LogP contribution in [-0.2, 0) is 56.8 Å². The van der Waals surface area contributed by atoms with E-state index < -0.39 is 413 Å². The lowest BCUT2D eigenvalue weighted by molar-refractivity contribution is -0.282. The first kappa shape index (κ1) is 88.3. The lowest BCUT2D eigenvalue weighted by Crippen LogP contribution is -2.63. The molecule has 4 bridgehead atoms. The number of carbonyl (C=O) groups is 10. The second kappa shape index (κ2) is 31.7. The topological polar surface area (TPSA) is 877 Å². The van der Waals surface area contributed by atoms with Crippen molar-refractivity contribution in [1.29, 1.82) is 0 Å². The monoisotopic (exact) mass is 1870 g/mol. The van der Waals surface area contributed by atoms with E-state index in [0.29, 0.717) is 18.2 Å². The number of esters is 10. The standard InChI is InChI=1S/C82H54O52/c83-23-1-14(2-24(84)45(23)93)71(112)133-82-70-68-65(128-76(117)19-8-29(89)49(97)56(104)38(19)40-21(79(120)132-70)10-31(91)51(99)58(40)106)35(126-82)13-123-74(115)17-6-27(87)53(101)60(108)42(17)43-44(80(121)130-68)66(63(111)62(110)61(43)109)124-33-4-15(3-25(85)46(33)94)72(113)134-81-69-67(129-77(118)20-9-30(90)50(98)57(105)39(20)41-22(78(119)131-69)11-32(92)52(100)59(41)107)64-34(125-81)12-122-73(114)16-5-26(86)47(95)54(102)36(16)37-18(75(116)127-64)7-28(88)48(96)55(37)103/h1-11,34-35,64-65,67-70,81-111H,12-13H2/t34-,35-,64-,65-,67+,68+,69-,70-,81+,82+/m1/s1. The van der Waals surface area contributed by atoms with Gasteiger partial charge in [0.2, 0.25) is 82.3 Å². The molecule has 0 saturated carbocycles. The first-order chi connectivity index (χ1) is 63.1. The molecule has 6 heterocycles. The number of phenolic OH excluding ortho intramolecular Hbond substituents is 29. The number of benzene rings is 10. The molecule has 0 aromatic heterocycles. The predicted octanol–water partition coefficient (Wildman–Crippen LogP) is 3.69. The molecule has 52 nitrogen and oxygen atoms in total. The van der Waals surface area contributed by atoms with E-state index in [-0.39, 0.29) is 48.5 Å². The Morgan fingerprint density at radius 3 is 0.776 bits per heavy atom. The van der Waals surface area contributed by atoms with Gasteiger partial charge in [0.15, 0.2) is 145 Å². The number of cyclic esters (lactones) is 2. The van der Waals surface area contributed by atoms with Gasteiger partial charge < -0.3 is 210 Å². The van der Waals surface area contributed by atoms with Crippen LogP contribution in [0.4, 0.5) is 0 Å². The van der Waals surface area contributed by atoms with Gasteiger partial charge >= 0.3 is 59.7 Å². The van der Waals surface area contributed by atoms with Gasteiger partial charge in [-0.15, -0.1) is 0 Å². The summed E-state index contributed by atoms with van der Waals surface area (Å²) in [7, 11) is 0. The van der Waals surface area contributed by atoms with Gasteiger partial charge in [-0.25, -0.2) is 47.9 Å². The van der Waals surface area contributed by atoms with Gasteiger partial charge in [0.05, 0.1) is 55.6 Å². The highest BCUT2D eigenvalue weighted by Crippen LogP contribution is 2.62. The van der Waals surface area contributed by atoms with E-state index in [9.17, 15) is 162 Å². The Balaban J connectivity index is 0.865. The molecule has 2 fully saturated rings. The average molecular weight is 1870 g/mol. The lowest BCUT2D eigenvalue weighted by atomic mass is 9.90. The van der Waals surface area contributed by atoms with Crippen LogP contribution in [-0.4, -0.2) is 282 Å². The van der Waals surface area contributed by atoms with Crippen LogP contribution in [0.3, 0.4) is 0 Å². The second-order valence-corrected chi connectivity index (χ2v) is 29.4. The third-order valence-corrected chi connectivity index (χ3v) is 21.6. The van der Waals surface area contributed by atoms with E-state index in [4.69, 9.17) is 61.6 Å². The van der Waals surface area contributed by atoms with Crippen molar-refractivity contribution < 1.29 is 258 Å². The first-order valence-electron chi connectivity index (χ1n) is 37.2. The van der Waals surface area contributed by atoms with Crippen LogP contribution in [0.5, 0.6) is 178 Å². The third-order valence-electron chi connectivity index (χ3n) is 21.6. The van der Waals surface area contributed by atoms with Gasteiger partial charge in [-0.2, -0.15) is 0 Å². The molecule has 16 rings (SSSR count). The lowest BCUT2D eigenvalue weighted by Gasteiger charge is -2.44. The number of carbonyl (C=O) groups excluding carboxylic acids is 10. The fraction of sp³-hybridized carbons (Fsp3) is 0.146. The van der Waals surface area contributed by atoms with E-state index in [2.05, 4.69) is 0 Å². The minimum atomic E-state index is -3.10. The third kappa shape index (κ3) is 13.9. The van der Waals surface area contributed by atoms with Crippen LogP contribution in [0, 0.1) is 0 Å². The Labute approximate surface area is 734 Å². The number of rotatable bonds is 6. The molecule has 2 saturated heterocycles. The van der Waals surface area contributed by atoms with Gasteiger partial charge in [0.1, 0.15) is 31.0 Å². The predicted molar refractivity (Wildman–Crippen MR) is 413 cm³/mol. The Bertz CT molecular complexity index is 6960. The second-order valence-electron chi connectivity index (χ2n) is 29.4. The molecular weight excluding hydrogens is 1820 g/mol. The molecular formula is C82H54O52. The molecule has 6 aliphatic rings. The molecule has 0 aliphatic carbocycles. The molecule has 0 spiro atoms. The highest BCUT2D eigenvalue weighted by molar-refractivity contribution is 6.14. The van der Waals surface area contributed by atoms with Crippen molar-refractivity contribution in [2.24, 2.45) is 0 Å². The van der Waals surface area contributed by atoms with Crippen LogP contribution in [0.15, 0.2) is 66.7 Å². The SMILES string of the molecule is O=C(O[C@@H]1O[C@@H]2COC(=O)c3cc(O)c(O)c(O)c3-c3c(cc(O)c(O)c3O)C(=O)O[C@H]2[C@@H]2OC(=O)c3cc(O)c(O)c(O)c3-c3c(cc(O)c(O)c3O)C(=O)O[C@@H]12)c1cc(O)c(O)c(Oc2c(O)c(O)c(O)c3c2C(=O)O[C@@H]2[C@H]4OC(=O)c5cc(O)c(O)c(O)c5-c5c(cc(O)c(O)c5O)C(=O)O[C@@H]2[C@@H](COC(=O)c2cc(O)c(O)c(O)c2-3)O[C@H]4OC(=O)c2cc(O)c(O)c(O)c2)c1. The molecule has 10 atom stereocenters. The first-order valence-corrected chi connectivity index (χ1v) is 37.2. The molecule has 52 heteroatoms. The maximum Gasteiger partial charge on any atom is 0.343 e. The van der Waals surface area contributed by atoms with Crippen LogP contribution >= 0.6 is 0 Å². The largest absolute Gasteiger partial charge is 0.504 e. The van der Waals surface area contributed by atoms with Crippen LogP contribution in [0.2, 0.25) is 0 Å². The smallest absolute Gasteiger partial charge is 0.343 e. The molecule has 29 N–H and O–H groups in total. The summed E-state index contributed by atoms with van der Waals surface area (Å²) in [5.41, 5.74) is -24.9. The quantitative estimate of drug-likeness (QED) is 0.0641. The fourth-order valence-corrected chi connectivity index (χ4v) is 15.2. The zero-order chi connectivity index (χ0) is 97.2. The molecule has 6 aliphatic heterocycles. The highest BCUT2D eigenvalue weighted by Gasteiger charge is 2.59. The van der Waals surface area contributed by atoms with Crippen LogP contribution < -0.4 is 4.74 Å². The Hall–Kier alpha value is -19.2. The summed E-state index contributed by atoms with van der Waals surface area (Å²) in [5, 5.41) is 325. The molecule has 694 valence electrons. The van der Waals surface area contributed by atoms with Gasteiger partial charge in [0.25, 0.3) is 0 Å². The normalized spacial score (nSPS) is 20.1. The molecule has 0 amide bonds. The summed E-state index contributed by atoms with van der Waals surface area (Å²) < 4.78 is 75.1. The maximum atomic E-state index is 16.3. The molecule has 0 radical (unpaired) electrons. The molecule has 0 unspecified atom stereocenters. The molecule has 10 aromatic rings. The zero-order valence-corrected chi connectivity index (χ0v) is 65.4. The van der Waals surface area contributed by atoms with E-state index in [1.807, 2.05) is 0 Å². The van der Waals surface area contributed by atoms with Crippen molar-refractivity contribution in [2.45, 2.75) is 61.4 Å². The van der Waals surface area contributed by atoms with E-state index in [1.165, 1.54) is 0 Å². The van der Waals surface area contributed by atoms with Crippen molar-refractivity contribution in [2.75, 3.05) is 13.2 Å². The van der Waals surface area contributed by atoms with Crippen molar-refractivity contribution in [3.05, 3.63) is 122 Å². The van der Waals surface area contributed by atoms with Crippen LogP contribution in [0.25, 0.3) is 44.5 Å². The number of fused-ring (bicyclic) bond motifs is 15. The number of phenols is 29. The number of hydrogen-bond donors (Lipinski definition) is 29. The van der Waals surface area contributed by atoms with E-state index >= 15 is 33.6 Å². The Kier molecular flexibility index (Phi) is 20.9. The van der Waals surface area contributed by atoms with Crippen molar-refractivity contribution >= 4 is 59.7 Å². The highest BCUT2D eigenvalue weighted by atomic mass is 16.8. The summed E-state index contributed by atoms with van der Waals surface area (Å²) in [5.74, 6) is -71.1. The number of hydrogen-bond acceptors (Lipinski definition) is 52. The summed E-state index contributed by atoms with van der Waals surface area (Å²) in [6, 6.07) is 2.86. The van der Waals surface area contributed by atoms with Crippen molar-refractivity contribution in [3.63, 3.8) is 0 Å². The molecule has 134 heavy (non-hydrogen) atoms. The number of ether oxygens (including phenoxy) is 13. The molecule has 10 aromatic carbocycles. The van der Waals surface area contributed by atoms with Gasteiger partial charge in [0, 0.05) is 38.9 Å². The Morgan fingerprint density at radius 1 is 0.231 bits per heavy atom. The fourth-order valence-electron chi connectivity index (χ4n) is 15.2.